The predicted molar refractivity (Wildman–Crippen MR) is 72.1 cm³/mol. The average molecular weight is 263 g/mol. The lowest BCUT2D eigenvalue weighted by atomic mass is 9.95. The summed E-state index contributed by atoms with van der Waals surface area (Å²) in [6.45, 7) is 0. The van der Waals surface area contributed by atoms with E-state index >= 15 is 0 Å². The van der Waals surface area contributed by atoms with Crippen LogP contribution in [0.1, 0.15) is 38.1 Å². The van der Waals surface area contributed by atoms with Gasteiger partial charge in [0.15, 0.2) is 11.2 Å². The maximum absolute atomic E-state index is 12.1. The van der Waals surface area contributed by atoms with Gasteiger partial charge in [-0.1, -0.05) is 19.3 Å². The molecule has 2 aromatic heterocycles. The molecular formula is C12H17N5O2. The van der Waals surface area contributed by atoms with Crippen molar-refractivity contribution in [3.8, 4) is 0 Å². The molecule has 2 heterocycles. The van der Waals surface area contributed by atoms with Gasteiger partial charge in [-0.2, -0.15) is 4.98 Å². The summed E-state index contributed by atoms with van der Waals surface area (Å²) >= 11 is 0. The fourth-order valence-electron chi connectivity index (χ4n) is 2.91. The molecule has 3 rings (SSSR count). The minimum absolute atomic E-state index is 0.106. The number of hydrogen-bond donors (Lipinski definition) is 2. The van der Waals surface area contributed by atoms with E-state index in [2.05, 4.69) is 9.97 Å². The highest BCUT2D eigenvalue weighted by Crippen LogP contribution is 2.28. The Morgan fingerprint density at radius 2 is 1.95 bits per heavy atom. The Kier molecular flexibility index (Phi) is 2.69. The Bertz CT molecular complexity index is 733. The van der Waals surface area contributed by atoms with Crippen molar-refractivity contribution in [2.24, 2.45) is 7.05 Å². The van der Waals surface area contributed by atoms with Crippen LogP contribution in [-0.4, -0.2) is 19.1 Å². The van der Waals surface area contributed by atoms with Crippen molar-refractivity contribution in [1.29, 1.82) is 0 Å². The van der Waals surface area contributed by atoms with Crippen LogP contribution in [0.25, 0.3) is 11.2 Å². The van der Waals surface area contributed by atoms with E-state index in [0.717, 1.165) is 25.7 Å². The molecule has 1 saturated carbocycles. The Hall–Kier alpha value is -2.05. The van der Waals surface area contributed by atoms with Crippen LogP contribution in [-0.2, 0) is 7.05 Å². The number of nitrogens with two attached hydrogens (primary N) is 1. The first kappa shape index (κ1) is 12.0. The molecule has 0 bridgehead atoms. The quantitative estimate of drug-likeness (QED) is 0.783. The summed E-state index contributed by atoms with van der Waals surface area (Å²) in [5.74, 6) is 0.246. The van der Waals surface area contributed by atoms with Crippen LogP contribution < -0.4 is 17.0 Å². The van der Waals surface area contributed by atoms with Crippen LogP contribution in [0, 0.1) is 0 Å². The smallest absolute Gasteiger partial charge is 0.330 e. The largest absolute Gasteiger partial charge is 0.369 e. The zero-order valence-corrected chi connectivity index (χ0v) is 10.8. The molecule has 1 aliphatic carbocycles. The first-order valence-electron chi connectivity index (χ1n) is 6.56. The number of nitrogen functional groups attached to an aromatic ring is 1. The minimum atomic E-state index is -0.432. The van der Waals surface area contributed by atoms with E-state index in [4.69, 9.17) is 5.73 Å². The van der Waals surface area contributed by atoms with E-state index < -0.39 is 5.56 Å². The van der Waals surface area contributed by atoms with Gasteiger partial charge in [0, 0.05) is 13.1 Å². The molecule has 7 nitrogen and oxygen atoms in total. The van der Waals surface area contributed by atoms with Crippen molar-refractivity contribution in [2.45, 2.75) is 38.1 Å². The summed E-state index contributed by atoms with van der Waals surface area (Å²) in [4.78, 5) is 30.5. The highest BCUT2D eigenvalue weighted by Gasteiger charge is 2.22. The third-order valence-electron chi connectivity index (χ3n) is 3.93. The van der Waals surface area contributed by atoms with Crippen LogP contribution in [0.15, 0.2) is 9.59 Å². The van der Waals surface area contributed by atoms with Gasteiger partial charge in [0.2, 0.25) is 5.95 Å². The number of rotatable bonds is 1. The molecule has 2 aromatic rings. The standard InChI is InChI=1S/C12H17N5O2/c1-16-8-9(14-11(16)13)17(12(19)15-10(8)18)7-5-3-2-4-6-7/h7H,2-6H2,1H3,(H2,13,14)(H,15,18,19). The van der Waals surface area contributed by atoms with Crippen molar-refractivity contribution in [1.82, 2.24) is 19.1 Å². The molecule has 1 fully saturated rings. The molecule has 19 heavy (non-hydrogen) atoms. The molecule has 0 aromatic carbocycles. The van der Waals surface area contributed by atoms with Crippen molar-refractivity contribution < 1.29 is 0 Å². The fraction of sp³-hybridized carbons (Fsp3) is 0.583. The van der Waals surface area contributed by atoms with Gasteiger partial charge in [-0.05, 0) is 12.8 Å². The van der Waals surface area contributed by atoms with Crippen LogP contribution >= 0.6 is 0 Å². The van der Waals surface area contributed by atoms with Crippen molar-refractivity contribution in [2.75, 3.05) is 5.73 Å². The van der Waals surface area contributed by atoms with Crippen molar-refractivity contribution in [3.05, 3.63) is 20.8 Å². The third kappa shape index (κ3) is 1.76. The van der Waals surface area contributed by atoms with E-state index in [0.29, 0.717) is 11.2 Å². The molecule has 0 amide bonds. The van der Waals surface area contributed by atoms with Crippen molar-refractivity contribution >= 4 is 17.1 Å². The number of fused-ring (bicyclic) bond motifs is 1. The maximum Gasteiger partial charge on any atom is 0.330 e. The number of aryl methyl sites for hydroxylation is 1. The van der Waals surface area contributed by atoms with Gasteiger partial charge in [0.05, 0.1) is 0 Å². The highest BCUT2D eigenvalue weighted by atomic mass is 16.2. The van der Waals surface area contributed by atoms with Gasteiger partial charge in [-0.3, -0.25) is 14.3 Å². The molecule has 0 aliphatic heterocycles. The lowest BCUT2D eigenvalue weighted by Gasteiger charge is -2.23. The molecule has 7 heteroatoms. The number of nitrogens with zero attached hydrogens (tertiary/aromatic N) is 3. The molecule has 1 aliphatic rings. The summed E-state index contributed by atoms with van der Waals surface area (Å²) < 4.78 is 3.12. The Labute approximate surface area is 109 Å². The summed E-state index contributed by atoms with van der Waals surface area (Å²) in [5, 5.41) is 0. The van der Waals surface area contributed by atoms with Gasteiger partial charge in [-0.15, -0.1) is 0 Å². The van der Waals surface area contributed by atoms with Crippen LogP contribution in [0.4, 0.5) is 5.95 Å². The topological polar surface area (TPSA) is 98.7 Å². The van der Waals surface area contributed by atoms with Crippen molar-refractivity contribution in [3.63, 3.8) is 0 Å². The molecule has 0 unspecified atom stereocenters. The summed E-state index contributed by atoms with van der Waals surface area (Å²) in [6.07, 6.45) is 5.28. The van der Waals surface area contributed by atoms with Crippen LogP contribution in [0.5, 0.6) is 0 Å². The van der Waals surface area contributed by atoms with Gasteiger partial charge in [-0.25, -0.2) is 4.79 Å². The molecule has 102 valence electrons. The van der Waals surface area contributed by atoms with Crippen LogP contribution in [0.3, 0.4) is 0 Å². The summed E-state index contributed by atoms with van der Waals surface area (Å²) in [6, 6.07) is 0.106. The molecule has 3 N–H and O–H groups in total. The second kappa shape index (κ2) is 4.25. The summed E-state index contributed by atoms with van der Waals surface area (Å²) in [5.41, 5.74) is 5.70. The zero-order chi connectivity index (χ0) is 13.6. The normalized spacial score (nSPS) is 17.1. The first-order valence-corrected chi connectivity index (χ1v) is 6.56. The van der Waals surface area contributed by atoms with Gasteiger partial charge >= 0.3 is 5.69 Å². The number of imidazole rings is 1. The van der Waals surface area contributed by atoms with E-state index in [-0.39, 0.29) is 17.7 Å². The average Bonchev–Trinajstić information content (AvgIpc) is 2.67. The van der Waals surface area contributed by atoms with Gasteiger partial charge in [0.1, 0.15) is 0 Å². The Balaban J connectivity index is 2.31. The number of aromatic amines is 1. The second-order valence-electron chi connectivity index (χ2n) is 5.12. The summed E-state index contributed by atoms with van der Waals surface area (Å²) in [7, 11) is 1.68. The monoisotopic (exact) mass is 263 g/mol. The highest BCUT2D eigenvalue weighted by molar-refractivity contribution is 5.73. The number of hydrogen-bond acceptors (Lipinski definition) is 4. The predicted octanol–water partition coefficient (Wildman–Crippen LogP) is 0.511. The molecule has 0 atom stereocenters. The third-order valence-corrected chi connectivity index (χ3v) is 3.93. The lowest BCUT2D eigenvalue weighted by molar-refractivity contribution is 0.349. The molecular weight excluding hydrogens is 246 g/mol. The van der Waals surface area contributed by atoms with Crippen LogP contribution in [0.2, 0.25) is 0 Å². The number of anilines is 1. The maximum atomic E-state index is 12.1. The Morgan fingerprint density at radius 1 is 1.26 bits per heavy atom. The minimum Gasteiger partial charge on any atom is -0.369 e. The SMILES string of the molecule is Cn1c(N)nc2c1c(=O)[nH]c(=O)n2C1CCCCC1. The van der Waals surface area contributed by atoms with Gasteiger partial charge in [0.25, 0.3) is 5.56 Å². The second-order valence-corrected chi connectivity index (χ2v) is 5.12. The van der Waals surface area contributed by atoms with Gasteiger partial charge < -0.3 is 10.3 Å². The zero-order valence-electron chi connectivity index (χ0n) is 10.8. The fourth-order valence-corrected chi connectivity index (χ4v) is 2.91. The van der Waals surface area contributed by atoms with E-state index in [1.165, 1.54) is 11.0 Å². The Morgan fingerprint density at radius 3 is 2.63 bits per heavy atom. The number of aromatic nitrogens is 4. The van der Waals surface area contributed by atoms with E-state index in [1.54, 1.807) is 11.6 Å². The molecule has 0 saturated heterocycles. The molecule has 0 spiro atoms. The number of nitrogens with one attached hydrogen (secondary N) is 1. The molecule has 0 radical (unpaired) electrons. The van der Waals surface area contributed by atoms with E-state index in [1.807, 2.05) is 0 Å². The first-order chi connectivity index (χ1) is 9.09. The van der Waals surface area contributed by atoms with E-state index in [9.17, 15) is 9.59 Å². The lowest BCUT2D eigenvalue weighted by Crippen LogP contribution is -2.34. The number of H-pyrrole nitrogens is 1.